The maximum absolute atomic E-state index is 12.1. The quantitative estimate of drug-likeness (QED) is 0.658. The number of nitrogens with one attached hydrogen (secondary N) is 1. The maximum atomic E-state index is 12.1. The number of methoxy groups -OCH3 is 1. The average Bonchev–Trinajstić information content (AvgIpc) is 3.16. The van der Waals surface area contributed by atoms with Gasteiger partial charge in [-0.15, -0.1) is 11.3 Å². The van der Waals surface area contributed by atoms with Crippen LogP contribution in [0.2, 0.25) is 0 Å². The highest BCUT2D eigenvalue weighted by Gasteiger charge is 2.11. The number of carbonyl (C=O) groups excluding carboxylic acids is 1. The molecule has 3 rings (SSSR count). The molecular formula is C19H18N2O3S. The Labute approximate surface area is 150 Å². The van der Waals surface area contributed by atoms with Crippen molar-refractivity contribution < 1.29 is 14.3 Å². The fourth-order valence-corrected chi connectivity index (χ4v) is 2.99. The number of nitrogens with zero attached hydrogens (tertiary/aromatic N) is 1. The van der Waals surface area contributed by atoms with Crippen molar-refractivity contribution >= 4 is 17.2 Å². The lowest BCUT2D eigenvalue weighted by Gasteiger charge is -2.07. The van der Waals surface area contributed by atoms with Crippen LogP contribution in [0.5, 0.6) is 11.5 Å². The molecule has 0 saturated heterocycles. The molecule has 0 radical (unpaired) electrons. The Balaban J connectivity index is 1.47. The molecule has 0 aliphatic carbocycles. The fraction of sp³-hybridized carbons (Fsp3) is 0.158. The first-order valence-electron chi connectivity index (χ1n) is 7.82. The summed E-state index contributed by atoms with van der Waals surface area (Å²) in [6.45, 7) is 0.788. The minimum atomic E-state index is -0.197. The van der Waals surface area contributed by atoms with Crippen LogP contribution >= 0.6 is 11.3 Å². The van der Waals surface area contributed by atoms with Crippen LogP contribution in [0.25, 0.3) is 10.6 Å². The molecule has 0 fully saturated rings. The predicted octanol–water partition coefficient (Wildman–Crippen LogP) is 3.63. The molecule has 1 amide bonds. The number of thiazole rings is 1. The third-order valence-electron chi connectivity index (χ3n) is 3.47. The average molecular weight is 354 g/mol. The molecule has 0 bridgehead atoms. The summed E-state index contributed by atoms with van der Waals surface area (Å²) in [6.07, 6.45) is 0. The zero-order valence-electron chi connectivity index (χ0n) is 13.8. The summed E-state index contributed by atoms with van der Waals surface area (Å²) < 4.78 is 10.7. The largest absolute Gasteiger partial charge is 0.497 e. The molecule has 0 saturated carbocycles. The van der Waals surface area contributed by atoms with Crippen LogP contribution in [0.15, 0.2) is 60.0 Å². The van der Waals surface area contributed by atoms with Crippen molar-refractivity contribution in [1.29, 1.82) is 0 Å². The molecule has 6 heteroatoms. The molecule has 0 aliphatic heterocycles. The van der Waals surface area contributed by atoms with E-state index in [1.807, 2.05) is 54.6 Å². The zero-order chi connectivity index (χ0) is 17.5. The molecule has 2 aromatic carbocycles. The van der Waals surface area contributed by atoms with E-state index >= 15 is 0 Å². The van der Waals surface area contributed by atoms with Gasteiger partial charge < -0.3 is 14.8 Å². The fourth-order valence-electron chi connectivity index (χ4n) is 2.19. The predicted molar refractivity (Wildman–Crippen MR) is 98.4 cm³/mol. The van der Waals surface area contributed by atoms with Crippen LogP contribution in [0, 0.1) is 0 Å². The third-order valence-corrected chi connectivity index (χ3v) is 4.36. The molecule has 25 heavy (non-hydrogen) atoms. The minimum absolute atomic E-state index is 0.197. The second-order valence-corrected chi connectivity index (χ2v) is 6.04. The molecule has 0 aliphatic rings. The van der Waals surface area contributed by atoms with Gasteiger partial charge in [-0.1, -0.05) is 30.3 Å². The summed E-state index contributed by atoms with van der Waals surface area (Å²) in [6, 6.07) is 17.1. The highest BCUT2D eigenvalue weighted by atomic mass is 32.1. The van der Waals surface area contributed by atoms with Gasteiger partial charge >= 0.3 is 0 Å². The summed E-state index contributed by atoms with van der Waals surface area (Å²) in [5.74, 6) is 1.31. The molecule has 0 atom stereocenters. The third kappa shape index (κ3) is 4.58. The summed E-state index contributed by atoms with van der Waals surface area (Å²) in [4.78, 5) is 16.5. The summed E-state index contributed by atoms with van der Waals surface area (Å²) in [5, 5.41) is 5.41. The Bertz CT molecular complexity index is 816. The van der Waals surface area contributed by atoms with Crippen molar-refractivity contribution in [3.8, 4) is 22.1 Å². The van der Waals surface area contributed by atoms with Gasteiger partial charge in [-0.2, -0.15) is 0 Å². The van der Waals surface area contributed by atoms with E-state index in [0.717, 1.165) is 22.1 Å². The van der Waals surface area contributed by atoms with Crippen LogP contribution in [0.1, 0.15) is 10.5 Å². The lowest BCUT2D eigenvalue weighted by molar-refractivity contribution is 0.0943. The van der Waals surface area contributed by atoms with Crippen molar-refractivity contribution in [2.75, 3.05) is 20.3 Å². The molecular weight excluding hydrogens is 336 g/mol. The van der Waals surface area contributed by atoms with E-state index < -0.39 is 0 Å². The topological polar surface area (TPSA) is 60.5 Å². The van der Waals surface area contributed by atoms with Gasteiger partial charge in [0.1, 0.15) is 28.8 Å². The summed E-state index contributed by atoms with van der Waals surface area (Å²) in [5.41, 5.74) is 1.43. The number of aromatic nitrogens is 1. The van der Waals surface area contributed by atoms with E-state index in [4.69, 9.17) is 9.47 Å². The van der Waals surface area contributed by atoms with Crippen molar-refractivity contribution in [2.45, 2.75) is 0 Å². The zero-order valence-corrected chi connectivity index (χ0v) is 14.6. The number of amides is 1. The number of ether oxygens (including phenoxy) is 2. The highest BCUT2D eigenvalue weighted by Crippen LogP contribution is 2.23. The Hall–Kier alpha value is -2.86. The van der Waals surface area contributed by atoms with Crippen LogP contribution in [0.3, 0.4) is 0 Å². The number of rotatable bonds is 7. The van der Waals surface area contributed by atoms with E-state index in [-0.39, 0.29) is 5.91 Å². The number of carbonyl (C=O) groups is 1. The SMILES string of the molecule is COc1ccc(OCCNC(=O)c2csc(-c3ccccc3)n2)cc1. The normalized spacial score (nSPS) is 10.3. The minimum Gasteiger partial charge on any atom is -0.497 e. The van der Waals surface area contributed by atoms with Crippen LogP contribution < -0.4 is 14.8 Å². The molecule has 0 spiro atoms. The van der Waals surface area contributed by atoms with Gasteiger partial charge in [0.25, 0.3) is 5.91 Å². The van der Waals surface area contributed by atoms with E-state index in [1.165, 1.54) is 11.3 Å². The van der Waals surface area contributed by atoms with Gasteiger partial charge in [0, 0.05) is 10.9 Å². The molecule has 1 heterocycles. The Morgan fingerprint density at radius 2 is 1.80 bits per heavy atom. The lowest BCUT2D eigenvalue weighted by Crippen LogP contribution is -2.28. The van der Waals surface area contributed by atoms with Gasteiger partial charge in [-0.05, 0) is 24.3 Å². The Kier molecular flexibility index (Phi) is 5.64. The van der Waals surface area contributed by atoms with E-state index in [0.29, 0.717) is 18.8 Å². The first-order chi connectivity index (χ1) is 12.3. The first-order valence-corrected chi connectivity index (χ1v) is 8.70. The number of hydrogen-bond acceptors (Lipinski definition) is 5. The molecule has 128 valence electrons. The van der Waals surface area contributed by atoms with Gasteiger partial charge in [-0.3, -0.25) is 4.79 Å². The van der Waals surface area contributed by atoms with Crippen LogP contribution in [-0.2, 0) is 0 Å². The molecule has 5 nitrogen and oxygen atoms in total. The second-order valence-electron chi connectivity index (χ2n) is 5.18. The van der Waals surface area contributed by atoms with Crippen molar-refractivity contribution in [3.05, 3.63) is 65.7 Å². The molecule has 0 unspecified atom stereocenters. The van der Waals surface area contributed by atoms with Crippen molar-refractivity contribution in [2.24, 2.45) is 0 Å². The monoisotopic (exact) mass is 354 g/mol. The number of benzene rings is 2. The van der Waals surface area contributed by atoms with E-state index in [1.54, 1.807) is 12.5 Å². The number of hydrogen-bond donors (Lipinski definition) is 1. The standard InChI is InChI=1S/C19H18N2O3S/c1-23-15-7-9-16(10-8-15)24-12-11-20-18(22)17-13-25-19(21-17)14-5-3-2-4-6-14/h2-10,13H,11-12H2,1H3,(H,20,22). The smallest absolute Gasteiger partial charge is 0.270 e. The maximum Gasteiger partial charge on any atom is 0.270 e. The van der Waals surface area contributed by atoms with Crippen LogP contribution in [0.4, 0.5) is 0 Å². The second kappa shape index (κ2) is 8.30. The van der Waals surface area contributed by atoms with Gasteiger partial charge in [0.05, 0.1) is 13.7 Å². The first kappa shape index (κ1) is 17.0. The van der Waals surface area contributed by atoms with E-state index in [9.17, 15) is 4.79 Å². The van der Waals surface area contributed by atoms with Crippen molar-refractivity contribution in [3.63, 3.8) is 0 Å². The molecule has 3 aromatic rings. The van der Waals surface area contributed by atoms with Crippen molar-refractivity contribution in [1.82, 2.24) is 10.3 Å². The van der Waals surface area contributed by atoms with Gasteiger partial charge in [0.15, 0.2) is 0 Å². The van der Waals surface area contributed by atoms with Gasteiger partial charge in [-0.25, -0.2) is 4.98 Å². The lowest BCUT2D eigenvalue weighted by atomic mass is 10.2. The summed E-state index contributed by atoms with van der Waals surface area (Å²) in [7, 11) is 1.62. The highest BCUT2D eigenvalue weighted by molar-refractivity contribution is 7.13. The molecule has 1 aromatic heterocycles. The Morgan fingerprint density at radius 1 is 1.08 bits per heavy atom. The van der Waals surface area contributed by atoms with Crippen LogP contribution in [-0.4, -0.2) is 31.2 Å². The Morgan fingerprint density at radius 3 is 2.52 bits per heavy atom. The summed E-state index contributed by atoms with van der Waals surface area (Å²) >= 11 is 1.46. The van der Waals surface area contributed by atoms with Gasteiger partial charge in [0.2, 0.25) is 0 Å². The van der Waals surface area contributed by atoms with E-state index in [2.05, 4.69) is 10.3 Å². The molecule has 1 N–H and O–H groups in total.